The van der Waals surface area contributed by atoms with Crippen molar-refractivity contribution < 1.29 is 4.74 Å². The van der Waals surface area contributed by atoms with Gasteiger partial charge in [0.05, 0.1) is 7.11 Å². The van der Waals surface area contributed by atoms with Gasteiger partial charge in [-0.3, -0.25) is 0 Å². The molecule has 90 valence electrons. The van der Waals surface area contributed by atoms with E-state index in [0.29, 0.717) is 6.54 Å². The summed E-state index contributed by atoms with van der Waals surface area (Å²) in [5, 5.41) is 0. The number of hydrogen-bond donors (Lipinski definition) is 1. The lowest BCUT2D eigenvalue weighted by Crippen LogP contribution is -2.00. The Labute approximate surface area is 108 Å². The molecule has 0 aliphatic carbocycles. The van der Waals surface area contributed by atoms with E-state index < -0.39 is 0 Å². The van der Waals surface area contributed by atoms with Crippen molar-refractivity contribution in [2.75, 3.05) is 7.11 Å². The molecule has 0 aromatic heterocycles. The van der Waals surface area contributed by atoms with Gasteiger partial charge in [-0.15, -0.1) is 12.4 Å². The van der Waals surface area contributed by atoms with Gasteiger partial charge in [-0.1, -0.05) is 48.5 Å². The summed E-state index contributed by atoms with van der Waals surface area (Å²) in [6.45, 7) is 0.490. The normalized spacial score (nSPS) is 9.53. The number of benzene rings is 2. The molecule has 0 fully saturated rings. The van der Waals surface area contributed by atoms with Crippen LogP contribution < -0.4 is 10.5 Å². The van der Waals surface area contributed by atoms with E-state index in [1.807, 2.05) is 36.4 Å². The Morgan fingerprint density at radius 2 is 1.71 bits per heavy atom. The highest BCUT2D eigenvalue weighted by Gasteiger charge is 2.08. The van der Waals surface area contributed by atoms with Crippen molar-refractivity contribution in [3.05, 3.63) is 54.1 Å². The first-order valence-corrected chi connectivity index (χ1v) is 5.28. The molecule has 0 saturated heterocycles. The van der Waals surface area contributed by atoms with Crippen molar-refractivity contribution in [3.8, 4) is 16.9 Å². The van der Waals surface area contributed by atoms with Gasteiger partial charge in [0, 0.05) is 17.7 Å². The number of hydrogen-bond acceptors (Lipinski definition) is 2. The van der Waals surface area contributed by atoms with Crippen LogP contribution in [0.25, 0.3) is 11.1 Å². The monoisotopic (exact) mass is 249 g/mol. The fraction of sp³-hybridized carbons (Fsp3) is 0.143. The molecule has 0 aliphatic heterocycles. The van der Waals surface area contributed by atoms with E-state index in [1.54, 1.807) is 7.11 Å². The lowest BCUT2D eigenvalue weighted by molar-refractivity contribution is 0.411. The first-order chi connectivity index (χ1) is 7.86. The van der Waals surface area contributed by atoms with Crippen LogP contribution in [0.15, 0.2) is 48.5 Å². The Hall–Kier alpha value is -1.51. The van der Waals surface area contributed by atoms with Crippen molar-refractivity contribution in [1.29, 1.82) is 0 Å². The Kier molecular flexibility index (Phi) is 5.01. The van der Waals surface area contributed by atoms with Crippen LogP contribution in [-0.2, 0) is 6.54 Å². The SMILES string of the molecule is COc1c(CN)cccc1-c1ccccc1.Cl. The van der Waals surface area contributed by atoms with Crippen LogP contribution in [0, 0.1) is 0 Å². The number of rotatable bonds is 3. The Bertz CT molecular complexity index is 471. The lowest BCUT2D eigenvalue weighted by Gasteiger charge is -2.12. The van der Waals surface area contributed by atoms with Crippen LogP contribution in [0.5, 0.6) is 5.75 Å². The third kappa shape index (κ3) is 2.78. The van der Waals surface area contributed by atoms with Gasteiger partial charge in [-0.25, -0.2) is 0 Å². The first kappa shape index (κ1) is 13.6. The van der Waals surface area contributed by atoms with E-state index in [4.69, 9.17) is 10.5 Å². The van der Waals surface area contributed by atoms with Crippen molar-refractivity contribution in [2.45, 2.75) is 6.54 Å². The zero-order valence-electron chi connectivity index (χ0n) is 9.72. The Balaban J connectivity index is 0.00000144. The zero-order valence-corrected chi connectivity index (χ0v) is 10.5. The minimum Gasteiger partial charge on any atom is -0.496 e. The minimum absolute atomic E-state index is 0. The van der Waals surface area contributed by atoms with Gasteiger partial charge >= 0.3 is 0 Å². The molecule has 0 atom stereocenters. The average Bonchev–Trinajstić information content (AvgIpc) is 2.38. The lowest BCUT2D eigenvalue weighted by atomic mass is 10.0. The smallest absolute Gasteiger partial charge is 0.131 e. The largest absolute Gasteiger partial charge is 0.496 e. The molecule has 0 heterocycles. The van der Waals surface area contributed by atoms with Gasteiger partial charge in [0.1, 0.15) is 5.75 Å². The molecule has 3 heteroatoms. The number of halogens is 1. The third-order valence-corrected chi connectivity index (χ3v) is 2.61. The molecule has 0 radical (unpaired) electrons. The van der Waals surface area contributed by atoms with Crippen LogP contribution in [0.4, 0.5) is 0 Å². The number of nitrogens with two attached hydrogens (primary N) is 1. The fourth-order valence-electron chi connectivity index (χ4n) is 1.83. The molecule has 0 unspecified atom stereocenters. The Morgan fingerprint density at radius 3 is 2.29 bits per heavy atom. The van der Waals surface area contributed by atoms with Crippen molar-refractivity contribution >= 4 is 12.4 Å². The molecule has 0 saturated carbocycles. The molecule has 0 amide bonds. The Morgan fingerprint density at radius 1 is 1.00 bits per heavy atom. The van der Waals surface area contributed by atoms with Gasteiger partial charge in [0.2, 0.25) is 0 Å². The molecule has 2 aromatic rings. The zero-order chi connectivity index (χ0) is 11.4. The molecule has 2 aromatic carbocycles. The summed E-state index contributed by atoms with van der Waals surface area (Å²) in [6.07, 6.45) is 0. The molecule has 17 heavy (non-hydrogen) atoms. The summed E-state index contributed by atoms with van der Waals surface area (Å²) in [5.41, 5.74) is 8.96. The van der Waals surface area contributed by atoms with Gasteiger partial charge in [-0.05, 0) is 5.56 Å². The van der Waals surface area contributed by atoms with Crippen LogP contribution >= 0.6 is 12.4 Å². The van der Waals surface area contributed by atoms with E-state index in [-0.39, 0.29) is 12.4 Å². The van der Waals surface area contributed by atoms with Crippen LogP contribution in [-0.4, -0.2) is 7.11 Å². The van der Waals surface area contributed by atoms with Gasteiger partial charge in [-0.2, -0.15) is 0 Å². The second-order valence-corrected chi connectivity index (χ2v) is 3.57. The van der Waals surface area contributed by atoms with Crippen LogP contribution in [0.3, 0.4) is 0 Å². The third-order valence-electron chi connectivity index (χ3n) is 2.61. The predicted octanol–water partition coefficient (Wildman–Crippen LogP) is 3.24. The molecule has 0 spiro atoms. The van der Waals surface area contributed by atoms with E-state index in [9.17, 15) is 0 Å². The molecule has 2 N–H and O–H groups in total. The van der Waals surface area contributed by atoms with Crippen LogP contribution in [0.1, 0.15) is 5.56 Å². The fourth-order valence-corrected chi connectivity index (χ4v) is 1.83. The predicted molar refractivity (Wildman–Crippen MR) is 73.6 cm³/mol. The summed E-state index contributed by atoms with van der Waals surface area (Å²) in [7, 11) is 1.68. The minimum atomic E-state index is 0. The van der Waals surface area contributed by atoms with E-state index in [2.05, 4.69) is 12.1 Å². The molecular formula is C14H16ClNO. The number of methoxy groups -OCH3 is 1. The molecule has 0 aliphatic rings. The highest BCUT2D eigenvalue weighted by Crippen LogP contribution is 2.32. The second kappa shape index (κ2) is 6.28. The summed E-state index contributed by atoms with van der Waals surface area (Å²) in [4.78, 5) is 0. The maximum atomic E-state index is 5.69. The summed E-state index contributed by atoms with van der Waals surface area (Å²) in [6, 6.07) is 16.2. The van der Waals surface area contributed by atoms with Gasteiger partial charge in [0.25, 0.3) is 0 Å². The molecule has 2 nitrogen and oxygen atoms in total. The maximum absolute atomic E-state index is 5.69. The maximum Gasteiger partial charge on any atom is 0.131 e. The molecular weight excluding hydrogens is 234 g/mol. The highest BCUT2D eigenvalue weighted by molar-refractivity contribution is 5.85. The van der Waals surface area contributed by atoms with Gasteiger partial charge in [0.15, 0.2) is 0 Å². The van der Waals surface area contributed by atoms with Crippen LogP contribution in [0.2, 0.25) is 0 Å². The number of ether oxygens (including phenoxy) is 1. The van der Waals surface area contributed by atoms with E-state index in [0.717, 1.165) is 22.4 Å². The van der Waals surface area contributed by atoms with Gasteiger partial charge < -0.3 is 10.5 Å². The van der Waals surface area contributed by atoms with Crippen molar-refractivity contribution in [3.63, 3.8) is 0 Å². The topological polar surface area (TPSA) is 35.2 Å². The standard InChI is InChI=1S/C14H15NO.ClH/c1-16-14-12(10-15)8-5-9-13(14)11-6-3-2-4-7-11;/h2-9H,10,15H2,1H3;1H. The van der Waals surface area contributed by atoms with Crippen molar-refractivity contribution in [1.82, 2.24) is 0 Å². The van der Waals surface area contributed by atoms with E-state index in [1.165, 1.54) is 0 Å². The second-order valence-electron chi connectivity index (χ2n) is 3.57. The number of para-hydroxylation sites is 1. The average molecular weight is 250 g/mol. The quantitative estimate of drug-likeness (QED) is 0.906. The summed E-state index contributed by atoms with van der Waals surface area (Å²) < 4.78 is 5.44. The first-order valence-electron chi connectivity index (χ1n) is 5.28. The van der Waals surface area contributed by atoms with Crippen molar-refractivity contribution in [2.24, 2.45) is 5.73 Å². The highest BCUT2D eigenvalue weighted by atomic mass is 35.5. The molecule has 2 rings (SSSR count). The van der Waals surface area contributed by atoms with E-state index >= 15 is 0 Å². The summed E-state index contributed by atoms with van der Waals surface area (Å²) >= 11 is 0. The molecule has 0 bridgehead atoms. The summed E-state index contributed by atoms with van der Waals surface area (Å²) in [5.74, 6) is 0.871.